The normalized spacial score (nSPS) is 16.0. The Balaban J connectivity index is 1.36. The SMILES string of the molecule is O=C(c1ccc(-c2ccccc2)cc1)N1CCC[C@@H]1c1nc(-c2ccccc2)no1. The summed E-state index contributed by atoms with van der Waals surface area (Å²) in [5.41, 5.74) is 3.80. The average molecular weight is 395 g/mol. The number of likely N-dealkylation sites (tertiary alicyclic amines) is 1. The highest BCUT2D eigenvalue weighted by molar-refractivity contribution is 5.95. The lowest BCUT2D eigenvalue weighted by molar-refractivity contribution is 0.0710. The Bertz CT molecular complexity index is 1140. The highest BCUT2D eigenvalue weighted by Crippen LogP contribution is 2.33. The van der Waals surface area contributed by atoms with E-state index in [0.717, 1.165) is 29.5 Å². The quantitative estimate of drug-likeness (QED) is 0.465. The molecule has 1 aromatic heterocycles. The molecule has 0 radical (unpaired) electrons. The van der Waals surface area contributed by atoms with Gasteiger partial charge in [0.1, 0.15) is 6.04 Å². The molecule has 1 saturated heterocycles. The number of carbonyl (C=O) groups is 1. The first-order valence-corrected chi connectivity index (χ1v) is 10.1. The van der Waals surface area contributed by atoms with Crippen LogP contribution in [0.1, 0.15) is 35.1 Å². The largest absolute Gasteiger partial charge is 0.337 e. The summed E-state index contributed by atoms with van der Waals surface area (Å²) < 4.78 is 5.54. The Labute approximate surface area is 175 Å². The number of hydrogen-bond donors (Lipinski definition) is 0. The lowest BCUT2D eigenvalue weighted by Gasteiger charge is -2.22. The Morgan fingerprint density at radius 1 is 0.833 bits per heavy atom. The van der Waals surface area contributed by atoms with Crippen molar-refractivity contribution >= 4 is 5.91 Å². The van der Waals surface area contributed by atoms with Crippen molar-refractivity contribution in [3.8, 4) is 22.5 Å². The summed E-state index contributed by atoms with van der Waals surface area (Å²) in [4.78, 5) is 19.6. The van der Waals surface area contributed by atoms with Gasteiger partial charge in [0.2, 0.25) is 11.7 Å². The molecule has 5 rings (SSSR count). The van der Waals surface area contributed by atoms with Gasteiger partial charge in [-0.15, -0.1) is 0 Å². The van der Waals surface area contributed by atoms with Crippen LogP contribution >= 0.6 is 0 Å². The predicted molar refractivity (Wildman–Crippen MR) is 115 cm³/mol. The predicted octanol–water partition coefficient (Wildman–Crippen LogP) is 5.38. The molecule has 4 aromatic rings. The molecule has 0 spiro atoms. The zero-order chi connectivity index (χ0) is 20.3. The molecule has 2 heterocycles. The maximum absolute atomic E-state index is 13.2. The van der Waals surface area contributed by atoms with E-state index in [4.69, 9.17) is 4.52 Å². The fourth-order valence-electron chi connectivity index (χ4n) is 3.94. The highest BCUT2D eigenvalue weighted by atomic mass is 16.5. The topological polar surface area (TPSA) is 59.2 Å². The van der Waals surface area contributed by atoms with Crippen LogP contribution in [-0.2, 0) is 0 Å². The van der Waals surface area contributed by atoms with Crippen molar-refractivity contribution < 1.29 is 9.32 Å². The van der Waals surface area contributed by atoms with Gasteiger partial charge in [0.05, 0.1) is 0 Å². The van der Waals surface area contributed by atoms with Crippen LogP contribution in [0.15, 0.2) is 89.5 Å². The van der Waals surface area contributed by atoms with Gasteiger partial charge in [-0.05, 0) is 36.1 Å². The van der Waals surface area contributed by atoms with Gasteiger partial charge in [-0.1, -0.05) is 78.0 Å². The molecule has 0 unspecified atom stereocenters. The van der Waals surface area contributed by atoms with Gasteiger partial charge in [0.25, 0.3) is 5.91 Å². The maximum atomic E-state index is 13.2. The Hall–Kier alpha value is -3.73. The third kappa shape index (κ3) is 3.50. The van der Waals surface area contributed by atoms with Crippen LogP contribution in [-0.4, -0.2) is 27.5 Å². The van der Waals surface area contributed by atoms with Gasteiger partial charge in [-0.2, -0.15) is 4.98 Å². The standard InChI is InChI=1S/C25H21N3O2/c29-25(21-15-13-19(14-16-21)18-8-3-1-4-9-18)28-17-7-12-22(28)24-26-23(27-30-24)20-10-5-2-6-11-20/h1-6,8-11,13-16,22H,7,12,17H2/t22-/m1/s1. The second kappa shape index (κ2) is 7.95. The molecule has 5 nitrogen and oxygen atoms in total. The van der Waals surface area contributed by atoms with Crippen LogP contribution in [0.4, 0.5) is 0 Å². The molecule has 1 fully saturated rings. The van der Waals surface area contributed by atoms with E-state index in [1.54, 1.807) is 0 Å². The lowest BCUT2D eigenvalue weighted by atomic mass is 10.0. The monoisotopic (exact) mass is 395 g/mol. The van der Waals surface area contributed by atoms with Gasteiger partial charge >= 0.3 is 0 Å². The van der Waals surface area contributed by atoms with Crippen molar-refractivity contribution in [2.24, 2.45) is 0 Å². The van der Waals surface area contributed by atoms with E-state index < -0.39 is 0 Å². The second-order valence-corrected chi connectivity index (χ2v) is 7.42. The minimum absolute atomic E-state index is 0.00317. The number of hydrogen-bond acceptors (Lipinski definition) is 4. The third-order valence-corrected chi connectivity index (χ3v) is 5.51. The van der Waals surface area contributed by atoms with Crippen molar-refractivity contribution in [1.82, 2.24) is 15.0 Å². The number of amides is 1. The van der Waals surface area contributed by atoms with Gasteiger partial charge in [0.15, 0.2) is 0 Å². The highest BCUT2D eigenvalue weighted by Gasteiger charge is 2.34. The molecule has 0 aliphatic carbocycles. The lowest BCUT2D eigenvalue weighted by Crippen LogP contribution is -2.30. The van der Waals surface area contributed by atoms with Gasteiger partial charge in [-0.25, -0.2) is 0 Å². The molecular formula is C25H21N3O2. The minimum atomic E-state index is -0.184. The number of benzene rings is 3. The molecule has 30 heavy (non-hydrogen) atoms. The Morgan fingerprint density at radius 2 is 1.47 bits per heavy atom. The van der Waals surface area contributed by atoms with Gasteiger partial charge < -0.3 is 9.42 Å². The third-order valence-electron chi connectivity index (χ3n) is 5.51. The zero-order valence-electron chi connectivity index (χ0n) is 16.4. The smallest absolute Gasteiger partial charge is 0.254 e. The van der Waals surface area contributed by atoms with Crippen LogP contribution in [0, 0.1) is 0 Å². The molecular weight excluding hydrogens is 374 g/mol. The van der Waals surface area contributed by atoms with Crippen molar-refractivity contribution in [2.45, 2.75) is 18.9 Å². The summed E-state index contributed by atoms with van der Waals surface area (Å²) in [6.45, 7) is 0.687. The average Bonchev–Trinajstić information content (AvgIpc) is 3.50. The number of rotatable bonds is 4. The van der Waals surface area contributed by atoms with E-state index in [9.17, 15) is 4.79 Å². The first kappa shape index (κ1) is 18.3. The van der Waals surface area contributed by atoms with Crippen molar-refractivity contribution in [3.63, 3.8) is 0 Å². The number of nitrogens with zero attached hydrogens (tertiary/aromatic N) is 3. The molecule has 148 valence electrons. The van der Waals surface area contributed by atoms with E-state index in [-0.39, 0.29) is 11.9 Å². The van der Waals surface area contributed by atoms with E-state index >= 15 is 0 Å². The fraction of sp³-hybridized carbons (Fsp3) is 0.160. The molecule has 0 bridgehead atoms. The summed E-state index contributed by atoms with van der Waals surface area (Å²) in [6.07, 6.45) is 1.74. The first-order chi connectivity index (χ1) is 14.8. The summed E-state index contributed by atoms with van der Waals surface area (Å²) in [5.74, 6) is 1.05. The molecule has 5 heteroatoms. The molecule has 0 N–H and O–H groups in total. The van der Waals surface area contributed by atoms with E-state index in [1.165, 1.54) is 0 Å². The summed E-state index contributed by atoms with van der Waals surface area (Å²) >= 11 is 0. The zero-order valence-corrected chi connectivity index (χ0v) is 16.4. The van der Waals surface area contributed by atoms with Crippen LogP contribution in [0.5, 0.6) is 0 Å². The summed E-state index contributed by atoms with van der Waals surface area (Å²) in [5, 5.41) is 4.12. The molecule has 0 saturated carbocycles. The molecule has 1 atom stereocenters. The molecule has 3 aromatic carbocycles. The van der Waals surface area contributed by atoms with Gasteiger partial charge in [0, 0.05) is 17.7 Å². The fourth-order valence-corrected chi connectivity index (χ4v) is 3.94. The second-order valence-electron chi connectivity index (χ2n) is 7.42. The summed E-state index contributed by atoms with van der Waals surface area (Å²) in [6, 6.07) is 27.5. The number of aromatic nitrogens is 2. The van der Waals surface area contributed by atoms with Crippen LogP contribution in [0.25, 0.3) is 22.5 Å². The van der Waals surface area contributed by atoms with E-state index in [0.29, 0.717) is 23.8 Å². The van der Waals surface area contributed by atoms with E-state index in [1.807, 2.05) is 77.7 Å². The minimum Gasteiger partial charge on any atom is -0.337 e. The van der Waals surface area contributed by atoms with Crippen LogP contribution in [0.2, 0.25) is 0 Å². The number of carbonyl (C=O) groups excluding carboxylic acids is 1. The van der Waals surface area contributed by atoms with E-state index in [2.05, 4.69) is 22.3 Å². The maximum Gasteiger partial charge on any atom is 0.254 e. The summed E-state index contributed by atoms with van der Waals surface area (Å²) in [7, 11) is 0. The van der Waals surface area contributed by atoms with Gasteiger partial charge in [-0.3, -0.25) is 4.79 Å². The molecule has 1 aliphatic heterocycles. The van der Waals surface area contributed by atoms with Crippen LogP contribution < -0.4 is 0 Å². The molecule has 1 aliphatic rings. The van der Waals surface area contributed by atoms with Crippen molar-refractivity contribution in [3.05, 3.63) is 96.4 Å². The Kier molecular flexibility index (Phi) is 4.85. The van der Waals surface area contributed by atoms with Crippen LogP contribution in [0.3, 0.4) is 0 Å². The molecule has 1 amide bonds. The van der Waals surface area contributed by atoms with Crippen molar-refractivity contribution in [1.29, 1.82) is 0 Å². The van der Waals surface area contributed by atoms with Crippen molar-refractivity contribution in [2.75, 3.05) is 6.54 Å². The Morgan fingerprint density at radius 3 is 2.17 bits per heavy atom. The first-order valence-electron chi connectivity index (χ1n) is 10.1.